The Morgan fingerprint density at radius 1 is 1.05 bits per heavy atom. The predicted octanol–water partition coefficient (Wildman–Crippen LogP) is 3.77. The third-order valence-electron chi connectivity index (χ3n) is 3.21. The van der Waals surface area contributed by atoms with Gasteiger partial charge in [0.15, 0.2) is 0 Å². The lowest BCUT2D eigenvalue weighted by Gasteiger charge is -2.26. The second-order valence-corrected chi connectivity index (χ2v) is 5.34. The van der Waals surface area contributed by atoms with E-state index in [1.165, 1.54) is 12.1 Å². The maximum Gasteiger partial charge on any atom is 0.417 e. The molecule has 116 valence electrons. The highest BCUT2D eigenvalue weighted by Crippen LogP contribution is 2.32. The van der Waals surface area contributed by atoms with Crippen molar-refractivity contribution in [3.05, 3.63) is 65.5 Å². The minimum absolute atomic E-state index is 0.404. The molecule has 1 aromatic carbocycles. The number of nitrogens with zero attached hydrogens (tertiary/aromatic N) is 1. The molecule has 0 radical (unpaired) electrons. The third-order valence-corrected chi connectivity index (χ3v) is 3.21. The van der Waals surface area contributed by atoms with Crippen molar-refractivity contribution in [3.8, 4) is 0 Å². The molecule has 0 aliphatic carbocycles. The molecular formula is C16H15F3N2O. The summed E-state index contributed by atoms with van der Waals surface area (Å²) in [6.45, 7) is 3.37. The minimum atomic E-state index is -4.58. The van der Waals surface area contributed by atoms with Gasteiger partial charge >= 0.3 is 6.18 Å². The molecule has 6 heteroatoms. The number of hydrogen-bond donors (Lipinski definition) is 1. The van der Waals surface area contributed by atoms with E-state index in [-0.39, 0.29) is 0 Å². The van der Waals surface area contributed by atoms with E-state index in [4.69, 9.17) is 0 Å². The Hall–Kier alpha value is -2.37. The second kappa shape index (κ2) is 5.79. The Bertz CT molecular complexity index is 667. The van der Waals surface area contributed by atoms with Crippen LogP contribution in [0.2, 0.25) is 0 Å². The van der Waals surface area contributed by atoms with Gasteiger partial charge < -0.3 is 5.32 Å². The molecule has 22 heavy (non-hydrogen) atoms. The molecule has 1 amide bonds. The molecule has 1 aromatic heterocycles. The molecule has 0 bridgehead atoms. The number of pyridine rings is 1. The van der Waals surface area contributed by atoms with Gasteiger partial charge in [-0.25, -0.2) is 0 Å². The summed E-state index contributed by atoms with van der Waals surface area (Å²) in [5.74, 6) is -0.788. The zero-order valence-corrected chi connectivity index (χ0v) is 12.1. The van der Waals surface area contributed by atoms with Crippen molar-refractivity contribution in [3.63, 3.8) is 0 Å². The number of carbonyl (C=O) groups is 1. The topological polar surface area (TPSA) is 42.0 Å². The van der Waals surface area contributed by atoms with Crippen LogP contribution in [0.25, 0.3) is 0 Å². The SMILES string of the molecule is CC(C)(NC(=O)c1ccccc1C(F)(F)F)c1ccccn1. The molecular weight excluding hydrogens is 293 g/mol. The number of alkyl halides is 3. The number of rotatable bonds is 3. The predicted molar refractivity (Wildman–Crippen MR) is 76.2 cm³/mol. The number of hydrogen-bond acceptors (Lipinski definition) is 2. The lowest BCUT2D eigenvalue weighted by molar-refractivity contribution is -0.137. The van der Waals surface area contributed by atoms with Gasteiger partial charge in [0, 0.05) is 6.20 Å². The molecule has 0 atom stereocenters. The minimum Gasteiger partial charge on any atom is -0.342 e. The van der Waals surface area contributed by atoms with Crippen LogP contribution >= 0.6 is 0 Å². The zero-order chi connectivity index (χ0) is 16.4. The van der Waals surface area contributed by atoms with Crippen LogP contribution in [0.4, 0.5) is 13.2 Å². The van der Waals surface area contributed by atoms with E-state index in [1.807, 2.05) is 0 Å². The van der Waals surface area contributed by atoms with Crippen molar-refractivity contribution >= 4 is 5.91 Å². The first-order chi connectivity index (χ1) is 10.2. The molecule has 0 spiro atoms. The molecule has 0 fully saturated rings. The molecule has 0 aliphatic heterocycles. The highest BCUT2D eigenvalue weighted by molar-refractivity contribution is 5.96. The lowest BCUT2D eigenvalue weighted by atomic mass is 9.98. The first kappa shape index (κ1) is 16.0. The second-order valence-electron chi connectivity index (χ2n) is 5.34. The average Bonchev–Trinajstić information content (AvgIpc) is 2.47. The molecule has 0 saturated heterocycles. The van der Waals surface area contributed by atoms with Crippen molar-refractivity contribution in [2.45, 2.75) is 25.6 Å². The Morgan fingerprint density at radius 3 is 2.27 bits per heavy atom. The van der Waals surface area contributed by atoms with Crippen LogP contribution in [-0.4, -0.2) is 10.9 Å². The van der Waals surface area contributed by atoms with Gasteiger partial charge in [-0.1, -0.05) is 18.2 Å². The monoisotopic (exact) mass is 308 g/mol. The van der Waals surface area contributed by atoms with Crippen molar-refractivity contribution in [2.24, 2.45) is 0 Å². The van der Waals surface area contributed by atoms with E-state index < -0.39 is 28.7 Å². The van der Waals surface area contributed by atoms with Gasteiger partial charge in [-0.3, -0.25) is 9.78 Å². The Balaban J connectivity index is 2.31. The first-order valence-corrected chi connectivity index (χ1v) is 6.62. The molecule has 2 rings (SSSR count). The molecule has 1 heterocycles. The van der Waals surface area contributed by atoms with Gasteiger partial charge in [0.25, 0.3) is 5.91 Å². The fraction of sp³-hybridized carbons (Fsp3) is 0.250. The molecule has 2 aromatic rings. The Kier molecular flexibility index (Phi) is 4.21. The highest BCUT2D eigenvalue weighted by atomic mass is 19.4. The standard InChI is InChI=1S/C16H15F3N2O/c1-15(2,13-9-5-6-10-20-13)21-14(22)11-7-3-4-8-12(11)16(17,18)19/h3-10H,1-2H3,(H,21,22). The van der Waals surface area contributed by atoms with Crippen LogP contribution in [0.5, 0.6) is 0 Å². The van der Waals surface area contributed by atoms with Crippen molar-refractivity contribution in [1.29, 1.82) is 0 Å². The zero-order valence-electron chi connectivity index (χ0n) is 12.1. The van der Waals surface area contributed by atoms with Gasteiger partial charge in [-0.15, -0.1) is 0 Å². The largest absolute Gasteiger partial charge is 0.417 e. The number of nitrogens with one attached hydrogen (secondary N) is 1. The van der Waals surface area contributed by atoms with Crippen LogP contribution in [0.15, 0.2) is 48.7 Å². The van der Waals surface area contributed by atoms with Gasteiger partial charge in [0.1, 0.15) is 0 Å². The van der Waals surface area contributed by atoms with Crippen molar-refractivity contribution < 1.29 is 18.0 Å². The van der Waals surface area contributed by atoms with Crippen molar-refractivity contribution in [2.75, 3.05) is 0 Å². The molecule has 1 N–H and O–H groups in total. The number of halogens is 3. The smallest absolute Gasteiger partial charge is 0.342 e. The van der Waals surface area contributed by atoms with Crippen LogP contribution in [0.3, 0.4) is 0 Å². The average molecular weight is 308 g/mol. The summed E-state index contributed by atoms with van der Waals surface area (Å²) in [5.41, 5.74) is -1.69. The van der Waals surface area contributed by atoms with Crippen LogP contribution in [0, 0.1) is 0 Å². The van der Waals surface area contributed by atoms with E-state index in [9.17, 15) is 18.0 Å². The number of amides is 1. The van der Waals surface area contributed by atoms with Crippen LogP contribution in [0.1, 0.15) is 35.5 Å². The first-order valence-electron chi connectivity index (χ1n) is 6.62. The quantitative estimate of drug-likeness (QED) is 0.938. The molecule has 0 aliphatic rings. The molecule has 0 saturated carbocycles. The normalized spacial score (nSPS) is 12.0. The van der Waals surface area contributed by atoms with E-state index in [1.54, 1.807) is 38.2 Å². The van der Waals surface area contributed by atoms with Gasteiger partial charge in [-0.2, -0.15) is 13.2 Å². The van der Waals surface area contributed by atoms with Gasteiger partial charge in [-0.05, 0) is 38.1 Å². The van der Waals surface area contributed by atoms with Crippen LogP contribution < -0.4 is 5.32 Å². The number of aromatic nitrogens is 1. The fourth-order valence-corrected chi connectivity index (χ4v) is 2.08. The fourth-order valence-electron chi connectivity index (χ4n) is 2.08. The summed E-state index contributed by atoms with van der Waals surface area (Å²) in [7, 11) is 0. The molecule has 0 unspecified atom stereocenters. The summed E-state index contributed by atoms with van der Waals surface area (Å²) in [6, 6.07) is 9.88. The summed E-state index contributed by atoms with van der Waals surface area (Å²) >= 11 is 0. The lowest BCUT2D eigenvalue weighted by Crippen LogP contribution is -2.42. The maximum atomic E-state index is 13.0. The third kappa shape index (κ3) is 3.44. The molecule has 3 nitrogen and oxygen atoms in total. The summed E-state index contributed by atoms with van der Waals surface area (Å²) < 4.78 is 38.9. The van der Waals surface area contributed by atoms with E-state index in [0.717, 1.165) is 12.1 Å². The summed E-state index contributed by atoms with van der Waals surface area (Å²) in [4.78, 5) is 16.4. The Labute approximate surface area is 126 Å². The van der Waals surface area contributed by atoms with E-state index in [2.05, 4.69) is 10.3 Å². The van der Waals surface area contributed by atoms with Crippen LogP contribution in [-0.2, 0) is 11.7 Å². The van der Waals surface area contributed by atoms with Gasteiger partial charge in [0.05, 0.1) is 22.4 Å². The van der Waals surface area contributed by atoms with E-state index >= 15 is 0 Å². The maximum absolute atomic E-state index is 13.0. The highest BCUT2D eigenvalue weighted by Gasteiger charge is 2.36. The van der Waals surface area contributed by atoms with Gasteiger partial charge in [0.2, 0.25) is 0 Å². The number of benzene rings is 1. The number of carbonyl (C=O) groups excluding carboxylic acids is 1. The summed E-state index contributed by atoms with van der Waals surface area (Å²) in [5, 5.41) is 2.60. The Morgan fingerprint density at radius 2 is 1.68 bits per heavy atom. The summed E-state index contributed by atoms with van der Waals surface area (Å²) in [6.07, 6.45) is -3.02. The van der Waals surface area contributed by atoms with Crippen molar-refractivity contribution in [1.82, 2.24) is 10.3 Å². The van der Waals surface area contributed by atoms with E-state index in [0.29, 0.717) is 5.69 Å².